The lowest BCUT2D eigenvalue weighted by Crippen LogP contribution is -3.00. The van der Waals surface area contributed by atoms with Crippen molar-refractivity contribution < 1.29 is 31.6 Å². The first-order chi connectivity index (χ1) is 6.00. The van der Waals surface area contributed by atoms with E-state index in [0.717, 1.165) is 12.1 Å². The summed E-state index contributed by atoms with van der Waals surface area (Å²) < 4.78 is 12.6. The molecule has 0 heterocycles. The van der Waals surface area contributed by atoms with Crippen molar-refractivity contribution in [2.75, 3.05) is 0 Å². The molecule has 1 aromatic rings. The Morgan fingerprint density at radius 1 is 1.43 bits per heavy atom. The Morgan fingerprint density at radius 3 is 2.43 bits per heavy atom. The average molecular weight is 221 g/mol. The van der Waals surface area contributed by atoms with Crippen LogP contribution in [0.25, 0.3) is 0 Å². The van der Waals surface area contributed by atoms with Gasteiger partial charge < -0.3 is 17.5 Å². The highest BCUT2D eigenvalue weighted by molar-refractivity contribution is 5.88. The Kier molecular flexibility index (Phi) is 3.97. The number of hydrogen-bond donors (Lipinski definition) is 1. The predicted molar refractivity (Wildman–Crippen MR) is 40.0 cm³/mol. The molecule has 5 nitrogen and oxygen atoms in total. The zero-order valence-corrected chi connectivity index (χ0v) is 7.36. The van der Waals surface area contributed by atoms with Gasteiger partial charge in [0.1, 0.15) is 5.82 Å². The molecular formula is C7H4ClFNO4-. The normalized spacial score (nSPS) is 8.93. The quantitative estimate of drug-likeness (QED) is 0.483. The summed E-state index contributed by atoms with van der Waals surface area (Å²) >= 11 is 0. The summed E-state index contributed by atoms with van der Waals surface area (Å²) in [5.74, 6) is -2.34. The average Bonchev–Trinajstić information content (AvgIpc) is 2.03. The van der Waals surface area contributed by atoms with Crippen LogP contribution in [0.1, 0.15) is 10.4 Å². The molecule has 1 aromatic carbocycles. The second-order valence-corrected chi connectivity index (χ2v) is 2.26. The number of hydrogen-bond acceptors (Lipinski definition) is 3. The van der Waals surface area contributed by atoms with Crippen LogP contribution in [0.3, 0.4) is 0 Å². The molecule has 14 heavy (non-hydrogen) atoms. The third-order valence-electron chi connectivity index (χ3n) is 1.34. The van der Waals surface area contributed by atoms with E-state index in [4.69, 9.17) is 5.11 Å². The lowest BCUT2D eigenvalue weighted by molar-refractivity contribution is -0.385. The number of rotatable bonds is 2. The highest BCUT2D eigenvalue weighted by atomic mass is 35.5. The van der Waals surface area contributed by atoms with E-state index in [1.165, 1.54) is 0 Å². The van der Waals surface area contributed by atoms with Crippen molar-refractivity contribution in [2.45, 2.75) is 0 Å². The van der Waals surface area contributed by atoms with Crippen molar-refractivity contribution in [2.24, 2.45) is 0 Å². The summed E-state index contributed by atoms with van der Waals surface area (Å²) in [6.45, 7) is 0. The minimum Gasteiger partial charge on any atom is -1.00 e. The topological polar surface area (TPSA) is 80.4 Å². The summed E-state index contributed by atoms with van der Waals surface area (Å²) in [5.41, 5.74) is -1.01. The van der Waals surface area contributed by atoms with Crippen molar-refractivity contribution in [3.63, 3.8) is 0 Å². The summed E-state index contributed by atoms with van der Waals surface area (Å²) in [6.07, 6.45) is 0. The summed E-state index contributed by atoms with van der Waals surface area (Å²) in [6, 6.07) is 2.17. The third kappa shape index (κ3) is 2.67. The molecule has 0 unspecified atom stereocenters. The van der Waals surface area contributed by atoms with Crippen LogP contribution in [0.5, 0.6) is 0 Å². The first-order valence-corrected chi connectivity index (χ1v) is 3.19. The number of carboxylic acids is 1. The van der Waals surface area contributed by atoms with Crippen LogP contribution >= 0.6 is 0 Å². The zero-order chi connectivity index (χ0) is 10.0. The van der Waals surface area contributed by atoms with E-state index in [9.17, 15) is 19.3 Å². The Hall–Kier alpha value is -1.69. The Labute approximate surface area is 83.7 Å². The molecule has 0 saturated carbocycles. The number of aromatic carboxylic acids is 1. The number of non-ortho nitro benzene ring substituents is 1. The van der Waals surface area contributed by atoms with Crippen molar-refractivity contribution in [3.05, 3.63) is 39.7 Å². The van der Waals surface area contributed by atoms with E-state index in [1.807, 2.05) is 0 Å². The molecule has 7 heteroatoms. The van der Waals surface area contributed by atoms with Gasteiger partial charge in [0.15, 0.2) is 0 Å². The monoisotopic (exact) mass is 220 g/mol. The van der Waals surface area contributed by atoms with E-state index in [2.05, 4.69) is 0 Å². The Morgan fingerprint density at radius 2 is 2.00 bits per heavy atom. The van der Waals surface area contributed by atoms with Gasteiger partial charge in [-0.1, -0.05) is 0 Å². The standard InChI is InChI=1S/C7H4FNO4.ClH/c8-5-1-4(7(10)11)2-6(3-5)9(12)13;/h1-3H,(H,10,11);1H/p-1. The molecule has 0 saturated heterocycles. The summed E-state index contributed by atoms with van der Waals surface area (Å²) in [5, 5.41) is 18.6. The minimum atomic E-state index is -1.40. The van der Waals surface area contributed by atoms with Crippen LogP contribution in [-0.2, 0) is 0 Å². The molecule has 0 fully saturated rings. The fraction of sp³-hybridized carbons (Fsp3) is 0. The zero-order valence-electron chi connectivity index (χ0n) is 6.61. The molecular weight excluding hydrogens is 217 g/mol. The molecule has 0 aromatic heterocycles. The molecule has 0 atom stereocenters. The van der Waals surface area contributed by atoms with Crippen LogP contribution in [0.15, 0.2) is 18.2 Å². The second-order valence-electron chi connectivity index (χ2n) is 2.26. The fourth-order valence-electron chi connectivity index (χ4n) is 0.803. The van der Waals surface area contributed by atoms with Gasteiger partial charge in [0.2, 0.25) is 0 Å². The van der Waals surface area contributed by atoms with Crippen molar-refractivity contribution in [3.8, 4) is 0 Å². The van der Waals surface area contributed by atoms with Crippen molar-refractivity contribution in [1.82, 2.24) is 0 Å². The molecule has 0 radical (unpaired) electrons. The molecule has 0 aliphatic rings. The maximum atomic E-state index is 12.6. The number of carbonyl (C=O) groups is 1. The van der Waals surface area contributed by atoms with E-state index in [1.54, 1.807) is 0 Å². The van der Waals surface area contributed by atoms with E-state index < -0.39 is 28.0 Å². The number of halogens is 2. The molecule has 76 valence electrons. The lowest BCUT2D eigenvalue weighted by Gasteiger charge is -1.95. The van der Waals surface area contributed by atoms with Crippen LogP contribution in [0, 0.1) is 15.9 Å². The van der Waals surface area contributed by atoms with Gasteiger partial charge in [-0.2, -0.15) is 0 Å². The minimum absolute atomic E-state index is 0. The van der Waals surface area contributed by atoms with Gasteiger partial charge in [-0.3, -0.25) is 10.1 Å². The first-order valence-electron chi connectivity index (χ1n) is 3.19. The maximum absolute atomic E-state index is 12.6. The van der Waals surface area contributed by atoms with Crippen LogP contribution in [-0.4, -0.2) is 16.0 Å². The van der Waals surface area contributed by atoms with E-state index in [0.29, 0.717) is 6.07 Å². The number of benzene rings is 1. The van der Waals surface area contributed by atoms with E-state index in [-0.39, 0.29) is 12.4 Å². The summed E-state index contributed by atoms with van der Waals surface area (Å²) in [4.78, 5) is 19.7. The smallest absolute Gasteiger partial charge is 0.336 e. The van der Waals surface area contributed by atoms with Crippen LogP contribution < -0.4 is 12.4 Å². The molecule has 0 bridgehead atoms. The third-order valence-corrected chi connectivity index (χ3v) is 1.34. The van der Waals surface area contributed by atoms with Crippen molar-refractivity contribution >= 4 is 11.7 Å². The molecule has 1 N–H and O–H groups in total. The van der Waals surface area contributed by atoms with Gasteiger partial charge in [0.05, 0.1) is 16.6 Å². The lowest BCUT2D eigenvalue weighted by atomic mass is 10.2. The molecule has 0 aliphatic heterocycles. The molecule has 0 amide bonds. The van der Waals surface area contributed by atoms with Crippen molar-refractivity contribution in [1.29, 1.82) is 0 Å². The SMILES string of the molecule is O=C(O)c1cc(F)cc([N+](=O)[O-])c1.[Cl-]. The van der Waals surface area contributed by atoms with E-state index >= 15 is 0 Å². The number of nitro benzene ring substituents is 1. The fourth-order valence-corrected chi connectivity index (χ4v) is 0.803. The summed E-state index contributed by atoms with van der Waals surface area (Å²) in [7, 11) is 0. The van der Waals surface area contributed by atoms with Gasteiger partial charge in [0, 0.05) is 6.07 Å². The highest BCUT2D eigenvalue weighted by Crippen LogP contribution is 2.15. The van der Waals surface area contributed by atoms with Gasteiger partial charge >= 0.3 is 5.97 Å². The van der Waals surface area contributed by atoms with Gasteiger partial charge in [-0.25, -0.2) is 9.18 Å². The Bertz CT molecular complexity index is 350. The number of nitrogens with zero attached hydrogens (tertiary/aromatic N) is 1. The Balaban J connectivity index is 0.00000169. The maximum Gasteiger partial charge on any atom is 0.336 e. The van der Waals surface area contributed by atoms with Crippen LogP contribution in [0.4, 0.5) is 10.1 Å². The van der Waals surface area contributed by atoms with Gasteiger partial charge in [0.25, 0.3) is 5.69 Å². The molecule has 0 aliphatic carbocycles. The highest BCUT2D eigenvalue weighted by Gasteiger charge is 2.13. The molecule has 0 spiro atoms. The molecule has 1 rings (SSSR count). The van der Waals surface area contributed by atoms with Crippen LogP contribution in [0.2, 0.25) is 0 Å². The number of nitro groups is 1. The largest absolute Gasteiger partial charge is 1.00 e. The second kappa shape index (κ2) is 4.52. The first kappa shape index (κ1) is 12.3. The predicted octanol–water partition coefficient (Wildman–Crippen LogP) is -1.56. The van der Waals surface area contributed by atoms with Gasteiger partial charge in [-0.05, 0) is 6.07 Å². The number of carboxylic acid groups (broad SMARTS) is 1. The van der Waals surface area contributed by atoms with Gasteiger partial charge in [-0.15, -0.1) is 0 Å².